The third kappa shape index (κ3) is 8.17. The van der Waals surface area contributed by atoms with Crippen LogP contribution in [0.15, 0.2) is 53.4 Å². The fraction of sp³-hybridized carbons (Fsp3) is 0.514. The summed E-state index contributed by atoms with van der Waals surface area (Å²) in [6.07, 6.45) is 6.76. The lowest BCUT2D eigenvalue weighted by molar-refractivity contribution is -0.0274. The standard InChI is InChI=1S/C37H47N5O6S/c1-23(2)16-29-22-47-33-20-32(34-24(3)10-8-11-25(34)4)39-36(40-33)41-49(45,46)31-15-9-14-27(17-31)35(43)42(29)28-18-30(19-28)48-37(44)38-21-26-12-6-5-7-13-26/h8-11,14-15,17,20,23,26,28-30H,5-7,12-13,16,18-19,21-22H2,1-4H3,(H,38,44)(H,39,40,41)/t28?,29-,30?/m1/s1. The van der Waals surface area contributed by atoms with Gasteiger partial charge in [0.15, 0.2) is 0 Å². The number of fused-ring (bicyclic) bond motifs is 4. The number of ether oxygens (including phenoxy) is 2. The highest BCUT2D eigenvalue weighted by Crippen LogP contribution is 2.35. The van der Waals surface area contributed by atoms with E-state index in [1.54, 1.807) is 18.2 Å². The summed E-state index contributed by atoms with van der Waals surface area (Å²) >= 11 is 0. The Hall–Kier alpha value is -4.19. The van der Waals surface area contributed by atoms with Gasteiger partial charge < -0.3 is 19.7 Å². The zero-order valence-corrected chi connectivity index (χ0v) is 29.6. The van der Waals surface area contributed by atoms with Crippen molar-refractivity contribution >= 4 is 28.0 Å². The van der Waals surface area contributed by atoms with Gasteiger partial charge in [0.25, 0.3) is 15.9 Å². The van der Waals surface area contributed by atoms with Crippen molar-refractivity contribution in [2.45, 2.75) is 102 Å². The van der Waals surface area contributed by atoms with E-state index in [0.717, 1.165) is 29.5 Å². The highest BCUT2D eigenvalue weighted by Gasteiger charge is 2.42. The topological polar surface area (TPSA) is 140 Å². The Kier molecular flexibility index (Phi) is 10.4. The van der Waals surface area contributed by atoms with Gasteiger partial charge in [-0.1, -0.05) is 57.4 Å². The number of hydrogen-bond acceptors (Lipinski definition) is 8. The van der Waals surface area contributed by atoms with Crippen LogP contribution in [0.3, 0.4) is 0 Å². The Morgan fingerprint density at radius 3 is 2.47 bits per heavy atom. The molecule has 4 bridgehead atoms. The first kappa shape index (κ1) is 34.7. The molecule has 49 heavy (non-hydrogen) atoms. The third-order valence-electron chi connectivity index (χ3n) is 9.85. The molecule has 0 unspecified atom stereocenters. The molecule has 2 N–H and O–H groups in total. The van der Waals surface area contributed by atoms with E-state index >= 15 is 0 Å². The molecule has 0 saturated heterocycles. The van der Waals surface area contributed by atoms with E-state index in [4.69, 9.17) is 9.47 Å². The minimum Gasteiger partial charge on any atom is -0.475 e. The molecule has 6 rings (SSSR count). The Morgan fingerprint density at radius 1 is 1.04 bits per heavy atom. The van der Waals surface area contributed by atoms with E-state index in [1.807, 2.05) is 36.9 Å². The second-order valence-electron chi connectivity index (χ2n) is 14.2. The number of aromatic nitrogens is 2. The highest BCUT2D eigenvalue weighted by atomic mass is 32.2. The number of benzene rings is 2. The fourth-order valence-electron chi connectivity index (χ4n) is 7.31. The summed E-state index contributed by atoms with van der Waals surface area (Å²) in [6.45, 7) is 8.88. The summed E-state index contributed by atoms with van der Waals surface area (Å²) < 4.78 is 41.9. The van der Waals surface area contributed by atoms with Crippen LogP contribution in [0.1, 0.15) is 86.7 Å². The number of rotatable bonds is 7. The minimum absolute atomic E-state index is 0.0778. The Bertz CT molecular complexity index is 1770. The van der Waals surface area contributed by atoms with Gasteiger partial charge in [0.2, 0.25) is 11.8 Å². The molecule has 2 saturated carbocycles. The van der Waals surface area contributed by atoms with Crippen molar-refractivity contribution in [1.29, 1.82) is 0 Å². The molecule has 1 aromatic heterocycles. The van der Waals surface area contributed by atoms with Crippen LogP contribution in [0.25, 0.3) is 11.3 Å². The first-order chi connectivity index (χ1) is 23.5. The smallest absolute Gasteiger partial charge is 0.407 e. The van der Waals surface area contributed by atoms with Gasteiger partial charge in [-0.25, -0.2) is 22.9 Å². The van der Waals surface area contributed by atoms with Crippen LogP contribution in [-0.2, 0) is 14.8 Å². The number of carbonyl (C=O) groups is 2. The second-order valence-corrected chi connectivity index (χ2v) is 15.8. The van der Waals surface area contributed by atoms with Gasteiger partial charge in [0.1, 0.15) is 12.7 Å². The maximum absolute atomic E-state index is 14.4. The van der Waals surface area contributed by atoms with Crippen LogP contribution >= 0.6 is 0 Å². The minimum atomic E-state index is -4.17. The maximum Gasteiger partial charge on any atom is 0.407 e. The van der Waals surface area contributed by atoms with E-state index in [1.165, 1.54) is 31.4 Å². The van der Waals surface area contributed by atoms with Gasteiger partial charge in [-0.3, -0.25) is 4.79 Å². The van der Waals surface area contributed by atoms with Crippen LogP contribution in [-0.4, -0.2) is 66.6 Å². The van der Waals surface area contributed by atoms with Gasteiger partial charge in [0.05, 0.1) is 16.6 Å². The molecule has 3 aliphatic rings. The molecule has 2 amide bonds. The molecule has 0 radical (unpaired) electrons. The number of amides is 2. The van der Waals surface area contributed by atoms with Crippen molar-refractivity contribution in [3.05, 3.63) is 65.2 Å². The van der Waals surface area contributed by atoms with Gasteiger partial charge in [0, 0.05) is 42.6 Å². The Labute approximate surface area is 289 Å². The van der Waals surface area contributed by atoms with Gasteiger partial charge in [-0.2, -0.15) is 4.98 Å². The van der Waals surface area contributed by atoms with Crippen LogP contribution in [0.4, 0.5) is 10.7 Å². The molecule has 1 atom stereocenters. The van der Waals surface area contributed by atoms with E-state index in [-0.39, 0.29) is 58.9 Å². The summed E-state index contributed by atoms with van der Waals surface area (Å²) in [6, 6.07) is 13.1. The molecule has 2 aliphatic carbocycles. The van der Waals surface area contributed by atoms with Crippen molar-refractivity contribution in [2.24, 2.45) is 11.8 Å². The van der Waals surface area contributed by atoms with E-state index in [9.17, 15) is 18.0 Å². The van der Waals surface area contributed by atoms with Crippen molar-refractivity contribution in [3.8, 4) is 17.1 Å². The van der Waals surface area contributed by atoms with E-state index in [0.29, 0.717) is 37.4 Å². The molecule has 0 spiro atoms. The zero-order valence-electron chi connectivity index (χ0n) is 28.8. The molecule has 3 aromatic rings. The number of aryl methyl sites for hydroxylation is 2. The monoisotopic (exact) mass is 689 g/mol. The lowest BCUT2D eigenvalue weighted by Crippen LogP contribution is -2.57. The van der Waals surface area contributed by atoms with Crippen LogP contribution < -0.4 is 14.8 Å². The van der Waals surface area contributed by atoms with Crippen molar-refractivity contribution < 1.29 is 27.5 Å². The molecule has 2 aromatic carbocycles. The molecule has 1 aliphatic heterocycles. The quantitative estimate of drug-likeness (QED) is 0.281. The number of anilines is 1. The van der Waals surface area contributed by atoms with Gasteiger partial charge >= 0.3 is 6.09 Å². The van der Waals surface area contributed by atoms with Crippen molar-refractivity contribution in [3.63, 3.8) is 0 Å². The van der Waals surface area contributed by atoms with Gasteiger partial charge in [-0.15, -0.1) is 0 Å². The summed E-state index contributed by atoms with van der Waals surface area (Å²) in [5, 5.41) is 2.94. The number of nitrogens with zero attached hydrogens (tertiary/aromatic N) is 3. The molecular weight excluding hydrogens is 643 g/mol. The summed E-state index contributed by atoms with van der Waals surface area (Å²) in [4.78, 5) is 37.8. The third-order valence-corrected chi connectivity index (χ3v) is 11.2. The predicted octanol–water partition coefficient (Wildman–Crippen LogP) is 6.65. The van der Waals surface area contributed by atoms with Crippen molar-refractivity contribution in [2.75, 3.05) is 17.9 Å². The molecule has 2 fully saturated rings. The number of hydrogen-bond donors (Lipinski definition) is 2. The molecule has 11 nitrogen and oxygen atoms in total. The average molecular weight is 690 g/mol. The highest BCUT2D eigenvalue weighted by molar-refractivity contribution is 7.92. The number of alkyl carbamates (subject to hydrolysis) is 1. The lowest BCUT2D eigenvalue weighted by Gasteiger charge is -2.46. The largest absolute Gasteiger partial charge is 0.475 e. The molecule has 262 valence electrons. The summed E-state index contributed by atoms with van der Waals surface area (Å²) in [5.41, 5.74) is 3.58. The SMILES string of the molecule is Cc1cccc(C)c1-c1cc2nc(n1)NS(=O)(=O)c1cccc(c1)C(=O)N(C1CC(OC(=O)NCC3CCCCC3)C1)[C@H](CC(C)C)CO2. The van der Waals surface area contributed by atoms with Crippen LogP contribution in [0.5, 0.6) is 5.88 Å². The number of carbonyl (C=O) groups excluding carboxylic acids is 2. The van der Waals surface area contributed by atoms with Gasteiger partial charge in [-0.05, 0) is 74.3 Å². The molecule has 2 heterocycles. The zero-order chi connectivity index (χ0) is 34.7. The molecule has 12 heteroatoms. The normalized spacial score (nSPS) is 22.4. The number of sulfonamides is 1. The average Bonchev–Trinajstić information content (AvgIpc) is 3.04. The Balaban J connectivity index is 1.29. The summed E-state index contributed by atoms with van der Waals surface area (Å²) in [7, 11) is -4.17. The van der Waals surface area contributed by atoms with E-state index in [2.05, 4.69) is 33.9 Å². The fourth-order valence-corrected chi connectivity index (χ4v) is 8.30. The first-order valence-corrected chi connectivity index (χ1v) is 18.9. The first-order valence-electron chi connectivity index (χ1n) is 17.5. The van der Waals surface area contributed by atoms with Crippen LogP contribution in [0, 0.1) is 25.7 Å². The predicted molar refractivity (Wildman–Crippen MR) is 187 cm³/mol. The summed E-state index contributed by atoms with van der Waals surface area (Å²) in [5.74, 6) is 0.488. The van der Waals surface area contributed by atoms with Crippen molar-refractivity contribution in [1.82, 2.24) is 20.2 Å². The Morgan fingerprint density at radius 2 is 1.76 bits per heavy atom. The van der Waals surface area contributed by atoms with Crippen LogP contribution in [0.2, 0.25) is 0 Å². The second kappa shape index (κ2) is 14.7. The lowest BCUT2D eigenvalue weighted by atomic mass is 9.85. The van der Waals surface area contributed by atoms with E-state index < -0.39 is 16.1 Å². The molecular formula is C37H47N5O6S. The number of nitrogens with one attached hydrogen (secondary N) is 2. The maximum atomic E-state index is 14.4.